The first-order valence-corrected chi connectivity index (χ1v) is 8.54. The van der Waals surface area contributed by atoms with Crippen LogP contribution in [0.4, 0.5) is 4.39 Å². The second-order valence-corrected chi connectivity index (χ2v) is 6.35. The van der Waals surface area contributed by atoms with Gasteiger partial charge in [0.15, 0.2) is 11.6 Å². The van der Waals surface area contributed by atoms with E-state index in [2.05, 4.69) is 41.4 Å². The summed E-state index contributed by atoms with van der Waals surface area (Å²) in [4.78, 5) is 2.44. The van der Waals surface area contributed by atoms with Crippen LogP contribution < -0.4 is 10.1 Å². The molecule has 1 aliphatic heterocycles. The molecule has 1 heterocycles. The molecule has 0 spiro atoms. The van der Waals surface area contributed by atoms with Crippen LogP contribution in [0.1, 0.15) is 29.2 Å². The molecule has 1 aliphatic rings. The third kappa shape index (κ3) is 3.77. The standard InChI is InChI=1S/C20H25FN2O/c1-15-5-3-6-16(13-15)20(23-11-4-9-22-10-12-23)17-7-8-19(24-2)18(21)14-17/h3,5-8,13-14,20,22H,4,9-12H2,1-2H3. The van der Waals surface area contributed by atoms with Crippen molar-refractivity contribution in [3.05, 3.63) is 65.0 Å². The molecule has 4 heteroatoms. The molecule has 1 fully saturated rings. The Hall–Kier alpha value is -1.91. The van der Waals surface area contributed by atoms with Crippen molar-refractivity contribution in [1.82, 2.24) is 10.2 Å². The topological polar surface area (TPSA) is 24.5 Å². The zero-order valence-corrected chi connectivity index (χ0v) is 14.4. The summed E-state index contributed by atoms with van der Waals surface area (Å²) >= 11 is 0. The number of nitrogens with one attached hydrogen (secondary N) is 1. The van der Waals surface area contributed by atoms with E-state index in [9.17, 15) is 4.39 Å². The zero-order valence-electron chi connectivity index (χ0n) is 14.4. The van der Waals surface area contributed by atoms with E-state index in [0.29, 0.717) is 5.75 Å². The lowest BCUT2D eigenvalue weighted by Gasteiger charge is -2.31. The number of ether oxygens (including phenoxy) is 1. The fraction of sp³-hybridized carbons (Fsp3) is 0.400. The highest BCUT2D eigenvalue weighted by molar-refractivity contribution is 5.38. The zero-order chi connectivity index (χ0) is 16.9. The highest BCUT2D eigenvalue weighted by atomic mass is 19.1. The lowest BCUT2D eigenvalue weighted by Crippen LogP contribution is -2.33. The van der Waals surface area contributed by atoms with Gasteiger partial charge in [0.2, 0.25) is 0 Å². The number of benzene rings is 2. The van der Waals surface area contributed by atoms with E-state index in [0.717, 1.165) is 38.2 Å². The van der Waals surface area contributed by atoms with Gasteiger partial charge in [-0.3, -0.25) is 4.90 Å². The molecule has 1 N–H and O–H groups in total. The van der Waals surface area contributed by atoms with Gasteiger partial charge in [-0.2, -0.15) is 0 Å². The van der Waals surface area contributed by atoms with Gasteiger partial charge in [0.05, 0.1) is 13.2 Å². The normalized spacial score (nSPS) is 17.3. The molecule has 2 aromatic carbocycles. The minimum absolute atomic E-state index is 0.0604. The van der Waals surface area contributed by atoms with Crippen molar-refractivity contribution in [2.24, 2.45) is 0 Å². The molecule has 1 saturated heterocycles. The molecular formula is C20H25FN2O. The van der Waals surface area contributed by atoms with Crippen LogP contribution in [0.25, 0.3) is 0 Å². The summed E-state index contributed by atoms with van der Waals surface area (Å²) in [5.74, 6) is -0.0140. The number of hydrogen-bond acceptors (Lipinski definition) is 3. The maximum absolute atomic E-state index is 14.3. The Balaban J connectivity index is 2.02. The predicted octanol–water partition coefficient (Wildman–Crippen LogP) is 3.53. The Bertz CT molecular complexity index is 681. The van der Waals surface area contributed by atoms with Gasteiger partial charge in [-0.05, 0) is 43.1 Å². The second kappa shape index (κ2) is 7.77. The van der Waals surface area contributed by atoms with Crippen molar-refractivity contribution >= 4 is 0 Å². The number of hydrogen-bond donors (Lipinski definition) is 1. The molecule has 1 unspecified atom stereocenters. The molecule has 0 aliphatic carbocycles. The Morgan fingerprint density at radius 1 is 1.08 bits per heavy atom. The van der Waals surface area contributed by atoms with Gasteiger partial charge in [0, 0.05) is 19.6 Å². The average Bonchev–Trinajstić information content (AvgIpc) is 2.85. The van der Waals surface area contributed by atoms with Gasteiger partial charge in [-0.15, -0.1) is 0 Å². The van der Waals surface area contributed by atoms with E-state index < -0.39 is 0 Å². The second-order valence-electron chi connectivity index (χ2n) is 6.35. The van der Waals surface area contributed by atoms with E-state index in [4.69, 9.17) is 4.74 Å². The van der Waals surface area contributed by atoms with Gasteiger partial charge >= 0.3 is 0 Å². The first-order valence-electron chi connectivity index (χ1n) is 8.54. The Kier molecular flexibility index (Phi) is 5.48. The smallest absolute Gasteiger partial charge is 0.165 e. The van der Waals surface area contributed by atoms with Crippen LogP contribution in [-0.2, 0) is 0 Å². The van der Waals surface area contributed by atoms with Crippen LogP contribution in [0.15, 0.2) is 42.5 Å². The molecule has 0 aromatic heterocycles. The van der Waals surface area contributed by atoms with Gasteiger partial charge in [-0.1, -0.05) is 35.9 Å². The molecule has 2 aromatic rings. The summed E-state index contributed by atoms with van der Waals surface area (Å²) in [6, 6.07) is 13.9. The molecule has 128 valence electrons. The highest BCUT2D eigenvalue weighted by Crippen LogP contribution is 2.32. The van der Waals surface area contributed by atoms with Gasteiger partial charge in [0.1, 0.15) is 0 Å². The molecule has 3 nitrogen and oxygen atoms in total. The van der Waals surface area contributed by atoms with E-state index in [-0.39, 0.29) is 11.9 Å². The summed E-state index contributed by atoms with van der Waals surface area (Å²) in [7, 11) is 1.50. The molecule has 3 rings (SSSR count). The first-order chi connectivity index (χ1) is 11.7. The molecule has 0 bridgehead atoms. The largest absolute Gasteiger partial charge is 0.494 e. The maximum atomic E-state index is 14.3. The van der Waals surface area contributed by atoms with Crippen LogP contribution in [0.2, 0.25) is 0 Å². The number of rotatable bonds is 4. The van der Waals surface area contributed by atoms with Crippen molar-refractivity contribution < 1.29 is 9.13 Å². The first kappa shape index (κ1) is 16.9. The molecular weight excluding hydrogens is 303 g/mol. The van der Waals surface area contributed by atoms with Crippen LogP contribution in [0.3, 0.4) is 0 Å². The van der Waals surface area contributed by atoms with Crippen LogP contribution >= 0.6 is 0 Å². The average molecular weight is 328 g/mol. The third-order valence-corrected chi connectivity index (χ3v) is 4.59. The van der Waals surface area contributed by atoms with Crippen molar-refractivity contribution in [2.75, 3.05) is 33.3 Å². The van der Waals surface area contributed by atoms with Crippen molar-refractivity contribution in [3.63, 3.8) is 0 Å². The van der Waals surface area contributed by atoms with Gasteiger partial charge in [0.25, 0.3) is 0 Å². The lowest BCUT2D eigenvalue weighted by molar-refractivity contribution is 0.240. The highest BCUT2D eigenvalue weighted by Gasteiger charge is 2.24. The lowest BCUT2D eigenvalue weighted by atomic mass is 9.95. The maximum Gasteiger partial charge on any atom is 0.165 e. The molecule has 24 heavy (non-hydrogen) atoms. The summed E-state index contributed by atoms with van der Waals surface area (Å²) in [5.41, 5.74) is 3.40. The number of halogens is 1. The van der Waals surface area contributed by atoms with Gasteiger partial charge < -0.3 is 10.1 Å². The summed E-state index contributed by atoms with van der Waals surface area (Å²) in [5, 5.41) is 3.44. The van der Waals surface area contributed by atoms with E-state index in [1.165, 1.54) is 18.2 Å². The van der Waals surface area contributed by atoms with Crippen LogP contribution in [0.5, 0.6) is 5.75 Å². The number of methoxy groups -OCH3 is 1. The van der Waals surface area contributed by atoms with Crippen LogP contribution in [0, 0.1) is 12.7 Å². The van der Waals surface area contributed by atoms with Crippen LogP contribution in [-0.4, -0.2) is 38.2 Å². The Labute approximate surface area is 143 Å². The minimum atomic E-state index is -0.305. The fourth-order valence-electron chi connectivity index (χ4n) is 3.43. The number of nitrogens with zero attached hydrogens (tertiary/aromatic N) is 1. The summed E-state index contributed by atoms with van der Waals surface area (Å²) in [6.07, 6.45) is 1.10. The predicted molar refractivity (Wildman–Crippen MR) is 95.0 cm³/mol. The van der Waals surface area contributed by atoms with E-state index >= 15 is 0 Å². The van der Waals surface area contributed by atoms with Crippen molar-refractivity contribution in [1.29, 1.82) is 0 Å². The van der Waals surface area contributed by atoms with Gasteiger partial charge in [-0.25, -0.2) is 4.39 Å². The summed E-state index contributed by atoms with van der Waals surface area (Å²) in [6.45, 7) is 6.04. The fourth-order valence-corrected chi connectivity index (χ4v) is 3.43. The quantitative estimate of drug-likeness (QED) is 0.929. The SMILES string of the molecule is COc1ccc(C(c2cccc(C)c2)N2CCCNCC2)cc1F. The molecule has 0 amide bonds. The Morgan fingerprint density at radius 2 is 1.92 bits per heavy atom. The van der Waals surface area contributed by atoms with Crippen molar-refractivity contribution in [3.8, 4) is 5.75 Å². The minimum Gasteiger partial charge on any atom is -0.494 e. The van der Waals surface area contributed by atoms with Crippen molar-refractivity contribution in [2.45, 2.75) is 19.4 Å². The summed E-state index contributed by atoms with van der Waals surface area (Å²) < 4.78 is 19.4. The molecule has 0 saturated carbocycles. The monoisotopic (exact) mass is 328 g/mol. The third-order valence-electron chi connectivity index (χ3n) is 4.59. The van der Waals surface area contributed by atoms with E-state index in [1.807, 2.05) is 6.07 Å². The molecule has 1 atom stereocenters. The van der Waals surface area contributed by atoms with E-state index in [1.54, 1.807) is 12.1 Å². The molecule has 0 radical (unpaired) electrons. The number of aryl methyl sites for hydroxylation is 1. The Morgan fingerprint density at radius 3 is 2.67 bits per heavy atom.